The number of unbranched alkanes of at least 4 members (excludes halogenated alkanes) is 1. The molecule has 0 aromatic rings. The van der Waals surface area contributed by atoms with Crippen molar-refractivity contribution in [2.45, 2.75) is 33.2 Å². The molecule has 1 nitrogen and oxygen atoms in total. The van der Waals surface area contributed by atoms with Gasteiger partial charge in [-0.3, -0.25) is 4.48 Å². The van der Waals surface area contributed by atoms with Crippen molar-refractivity contribution >= 4 is 0 Å². The lowest BCUT2D eigenvalue weighted by Crippen LogP contribution is -3.00. The molecule has 0 saturated heterocycles. The fraction of sp³-hybridized carbons (Fsp3) is 1.00. The number of rotatable bonds is 5. The van der Waals surface area contributed by atoms with Crippen LogP contribution in [0.15, 0.2) is 0 Å². The normalized spacial score (nSPS) is 15.5. The summed E-state index contributed by atoms with van der Waals surface area (Å²) in [5.41, 5.74) is 0. The maximum absolute atomic E-state index is 12.4. The van der Waals surface area contributed by atoms with Gasteiger partial charge in [-0.05, 0) is 13.3 Å². The van der Waals surface area contributed by atoms with Crippen LogP contribution in [0.3, 0.4) is 0 Å². The van der Waals surface area contributed by atoms with Crippen LogP contribution >= 0.6 is 0 Å². The van der Waals surface area contributed by atoms with E-state index in [-0.39, 0.29) is 28.5 Å². The van der Waals surface area contributed by atoms with Crippen LogP contribution in [0.25, 0.3) is 0 Å². The van der Waals surface area contributed by atoms with Gasteiger partial charge in [0.15, 0.2) is 0 Å². The molecule has 0 aliphatic heterocycles. The smallest absolute Gasteiger partial charge is 0.380 e. The first-order chi connectivity index (χ1) is 5.06. The van der Waals surface area contributed by atoms with E-state index in [0.29, 0.717) is 13.1 Å². The SMILES string of the molecule is CCCC[N+](C)(CC)C(F)F.[I-]. The summed E-state index contributed by atoms with van der Waals surface area (Å²) in [5.74, 6) is 0. The minimum absolute atomic E-state index is 0. The molecule has 0 bridgehead atoms. The van der Waals surface area contributed by atoms with Crippen molar-refractivity contribution in [3.05, 3.63) is 0 Å². The number of nitrogens with zero attached hydrogens (tertiary/aromatic N) is 1. The lowest BCUT2D eigenvalue weighted by Gasteiger charge is -2.31. The molecule has 0 aliphatic carbocycles. The largest absolute Gasteiger partial charge is 1.00 e. The summed E-state index contributed by atoms with van der Waals surface area (Å²) < 4.78 is 24.7. The lowest BCUT2D eigenvalue weighted by atomic mass is 10.3. The molecule has 0 saturated carbocycles. The Balaban J connectivity index is 0. The van der Waals surface area contributed by atoms with Gasteiger partial charge in [0, 0.05) is 0 Å². The number of quaternary nitrogens is 1. The molecule has 0 spiro atoms. The van der Waals surface area contributed by atoms with Crippen molar-refractivity contribution in [2.75, 3.05) is 20.1 Å². The van der Waals surface area contributed by atoms with Crippen molar-refractivity contribution < 1.29 is 37.2 Å². The van der Waals surface area contributed by atoms with Crippen LogP contribution in [0.5, 0.6) is 0 Å². The molecule has 0 rings (SSSR count). The van der Waals surface area contributed by atoms with Crippen LogP contribution in [0.2, 0.25) is 0 Å². The summed E-state index contributed by atoms with van der Waals surface area (Å²) >= 11 is 0. The second kappa shape index (κ2) is 7.00. The Morgan fingerprint density at radius 3 is 2.00 bits per heavy atom. The summed E-state index contributed by atoms with van der Waals surface area (Å²) in [5, 5.41) is 0. The van der Waals surface area contributed by atoms with Crippen LogP contribution < -0.4 is 24.0 Å². The van der Waals surface area contributed by atoms with Crippen LogP contribution in [0, 0.1) is 0 Å². The van der Waals surface area contributed by atoms with E-state index in [0.717, 1.165) is 12.8 Å². The molecule has 4 heteroatoms. The van der Waals surface area contributed by atoms with E-state index in [1.54, 1.807) is 7.05 Å². The highest BCUT2D eigenvalue weighted by Crippen LogP contribution is 2.14. The summed E-state index contributed by atoms with van der Waals surface area (Å²) in [6.07, 6.45) is 1.87. The van der Waals surface area contributed by atoms with E-state index in [1.807, 2.05) is 13.8 Å². The van der Waals surface area contributed by atoms with Gasteiger partial charge in [-0.15, -0.1) is 0 Å². The molecule has 0 fully saturated rings. The number of hydrogen-bond donors (Lipinski definition) is 0. The molecular weight excluding hydrogens is 275 g/mol. The Labute approximate surface area is 90.7 Å². The topological polar surface area (TPSA) is 0 Å². The summed E-state index contributed by atoms with van der Waals surface area (Å²) in [4.78, 5) is 0. The summed E-state index contributed by atoms with van der Waals surface area (Å²) in [7, 11) is 1.61. The lowest BCUT2D eigenvalue weighted by molar-refractivity contribution is -0.961. The molecule has 1 unspecified atom stereocenters. The van der Waals surface area contributed by atoms with Gasteiger partial charge in [0.2, 0.25) is 0 Å². The fourth-order valence-corrected chi connectivity index (χ4v) is 0.913. The molecule has 0 N–H and O–H groups in total. The Kier molecular flexibility index (Phi) is 8.78. The molecule has 0 aromatic heterocycles. The van der Waals surface area contributed by atoms with Crippen molar-refractivity contribution in [2.24, 2.45) is 0 Å². The van der Waals surface area contributed by atoms with Crippen LogP contribution in [0.4, 0.5) is 8.78 Å². The van der Waals surface area contributed by atoms with Gasteiger partial charge in [-0.25, -0.2) is 0 Å². The van der Waals surface area contributed by atoms with Crippen molar-refractivity contribution in [1.29, 1.82) is 0 Å². The van der Waals surface area contributed by atoms with E-state index in [2.05, 4.69) is 0 Å². The highest BCUT2D eigenvalue weighted by molar-refractivity contribution is 4.35. The van der Waals surface area contributed by atoms with Gasteiger partial charge in [-0.1, -0.05) is 13.3 Å². The van der Waals surface area contributed by atoms with E-state index >= 15 is 0 Å². The average Bonchev–Trinajstić information content (AvgIpc) is 2.00. The van der Waals surface area contributed by atoms with Crippen LogP contribution in [-0.2, 0) is 0 Å². The number of alkyl halides is 2. The fourth-order valence-electron chi connectivity index (χ4n) is 0.913. The molecule has 0 heterocycles. The number of hydrogen-bond acceptors (Lipinski definition) is 0. The van der Waals surface area contributed by atoms with Crippen LogP contribution in [0.1, 0.15) is 26.7 Å². The monoisotopic (exact) mass is 293 g/mol. The Hall–Kier alpha value is 0.550. The van der Waals surface area contributed by atoms with Gasteiger partial charge in [0.25, 0.3) is 0 Å². The van der Waals surface area contributed by atoms with Gasteiger partial charge in [-0.2, -0.15) is 8.78 Å². The third-order valence-corrected chi connectivity index (χ3v) is 2.22. The molecule has 0 amide bonds. The predicted molar refractivity (Wildman–Crippen MR) is 42.5 cm³/mol. The summed E-state index contributed by atoms with van der Waals surface area (Å²) in [6.45, 7) is 2.70. The highest BCUT2D eigenvalue weighted by atomic mass is 127. The zero-order valence-electron chi connectivity index (χ0n) is 7.99. The van der Waals surface area contributed by atoms with Gasteiger partial charge >= 0.3 is 6.55 Å². The van der Waals surface area contributed by atoms with E-state index in [9.17, 15) is 8.78 Å². The van der Waals surface area contributed by atoms with Gasteiger partial charge < -0.3 is 24.0 Å². The third-order valence-electron chi connectivity index (χ3n) is 2.22. The number of halogens is 3. The van der Waals surface area contributed by atoms with Crippen molar-refractivity contribution in [1.82, 2.24) is 0 Å². The second-order valence-corrected chi connectivity index (χ2v) is 3.15. The first-order valence-electron chi connectivity index (χ1n) is 4.19. The molecule has 12 heavy (non-hydrogen) atoms. The summed E-state index contributed by atoms with van der Waals surface area (Å²) in [6, 6.07) is 0. The van der Waals surface area contributed by atoms with Crippen molar-refractivity contribution in [3.63, 3.8) is 0 Å². The first kappa shape index (κ1) is 15.0. The second-order valence-electron chi connectivity index (χ2n) is 3.15. The predicted octanol–water partition coefficient (Wildman–Crippen LogP) is -0.520. The molecular formula is C8H18F2IN. The molecule has 76 valence electrons. The third kappa shape index (κ3) is 4.54. The standard InChI is InChI=1S/C8H18F2N.HI/c1-4-6-7-11(3,5-2)8(9)10;/h8H,4-7H2,1-3H3;1H/q+1;/p-1. The highest BCUT2D eigenvalue weighted by Gasteiger charge is 2.29. The minimum Gasteiger partial charge on any atom is -1.00 e. The zero-order chi connectivity index (χ0) is 8.91. The maximum atomic E-state index is 12.4. The Bertz CT molecular complexity index is 111. The molecule has 1 atom stereocenters. The van der Waals surface area contributed by atoms with Gasteiger partial charge in [0.05, 0.1) is 20.1 Å². The van der Waals surface area contributed by atoms with Crippen LogP contribution in [-0.4, -0.2) is 31.2 Å². The first-order valence-corrected chi connectivity index (χ1v) is 4.19. The minimum atomic E-state index is -2.23. The maximum Gasteiger partial charge on any atom is 0.380 e. The van der Waals surface area contributed by atoms with Crippen molar-refractivity contribution in [3.8, 4) is 0 Å². The average molecular weight is 293 g/mol. The van der Waals surface area contributed by atoms with E-state index in [1.165, 1.54) is 0 Å². The van der Waals surface area contributed by atoms with Gasteiger partial charge in [0.1, 0.15) is 0 Å². The Morgan fingerprint density at radius 1 is 1.25 bits per heavy atom. The molecule has 0 radical (unpaired) electrons. The van der Waals surface area contributed by atoms with E-state index in [4.69, 9.17) is 0 Å². The molecule has 0 aliphatic rings. The zero-order valence-corrected chi connectivity index (χ0v) is 10.1. The Morgan fingerprint density at radius 2 is 1.75 bits per heavy atom. The quantitative estimate of drug-likeness (QED) is 0.363. The molecule has 0 aromatic carbocycles. The van der Waals surface area contributed by atoms with E-state index < -0.39 is 6.55 Å².